The summed E-state index contributed by atoms with van der Waals surface area (Å²) in [6.07, 6.45) is 8.33. The number of rotatable bonds is 9. The van der Waals surface area contributed by atoms with Crippen molar-refractivity contribution in [3.05, 3.63) is 64.7 Å². The molecule has 1 saturated heterocycles. The third kappa shape index (κ3) is 7.39. The number of hydrogen-bond acceptors (Lipinski definition) is 6. The number of hydrazone groups is 1. The number of amides is 1. The third-order valence-electron chi connectivity index (χ3n) is 6.54. The molecule has 2 aliphatic heterocycles. The number of benzene rings is 2. The van der Waals surface area contributed by atoms with Crippen molar-refractivity contribution < 1.29 is 14.3 Å². The van der Waals surface area contributed by atoms with Gasteiger partial charge in [0.2, 0.25) is 0 Å². The predicted molar refractivity (Wildman–Crippen MR) is 139 cm³/mol. The first-order valence-corrected chi connectivity index (χ1v) is 12.8. The lowest BCUT2D eigenvalue weighted by molar-refractivity contribution is -0.145. The van der Waals surface area contributed by atoms with Gasteiger partial charge < -0.3 is 10.1 Å². The molecule has 2 heterocycles. The molecule has 1 N–H and O–H groups in total. The van der Waals surface area contributed by atoms with E-state index in [1.807, 2.05) is 42.6 Å². The number of fused-ring (bicyclic) bond motifs is 1. The topological polar surface area (TPSA) is 74.2 Å². The molecule has 0 atom stereocenters. The van der Waals surface area contributed by atoms with Crippen LogP contribution in [-0.2, 0) is 22.5 Å². The second-order valence-corrected chi connectivity index (χ2v) is 9.35. The first kappa shape index (κ1) is 24.9. The Morgan fingerprint density at radius 1 is 1.03 bits per heavy atom. The maximum absolute atomic E-state index is 12.8. The number of nitrogens with one attached hydrogen (secondary N) is 1. The van der Waals surface area contributed by atoms with Crippen LogP contribution in [0.2, 0.25) is 0 Å². The van der Waals surface area contributed by atoms with E-state index in [1.165, 1.54) is 24.8 Å². The number of hydrogen-bond donors (Lipinski definition) is 1. The van der Waals surface area contributed by atoms with Gasteiger partial charge in [-0.3, -0.25) is 19.5 Å². The van der Waals surface area contributed by atoms with Crippen LogP contribution in [-0.4, -0.2) is 60.8 Å². The van der Waals surface area contributed by atoms with Crippen molar-refractivity contribution in [2.24, 2.45) is 5.10 Å². The van der Waals surface area contributed by atoms with Gasteiger partial charge in [-0.1, -0.05) is 31.5 Å². The Bertz CT molecular complexity index is 1030. The summed E-state index contributed by atoms with van der Waals surface area (Å²) in [5.41, 5.74) is 4.75. The Hall–Kier alpha value is -3.19. The molecule has 2 aliphatic rings. The molecule has 1 fully saturated rings. The van der Waals surface area contributed by atoms with Gasteiger partial charge in [0.1, 0.15) is 0 Å². The summed E-state index contributed by atoms with van der Waals surface area (Å²) in [6, 6.07) is 13.5. The number of anilines is 1. The number of piperidine rings is 1. The van der Waals surface area contributed by atoms with Crippen LogP contribution in [0.3, 0.4) is 0 Å². The summed E-state index contributed by atoms with van der Waals surface area (Å²) in [5.74, 6) is -0.313. The van der Waals surface area contributed by atoms with Gasteiger partial charge in [-0.25, -0.2) is 0 Å². The third-order valence-corrected chi connectivity index (χ3v) is 6.54. The molecule has 0 aliphatic carbocycles. The van der Waals surface area contributed by atoms with Gasteiger partial charge in [0, 0.05) is 37.4 Å². The monoisotopic (exact) mass is 476 g/mol. The van der Waals surface area contributed by atoms with E-state index in [0.717, 1.165) is 55.7 Å². The second-order valence-electron chi connectivity index (χ2n) is 9.35. The van der Waals surface area contributed by atoms with Crippen molar-refractivity contribution in [1.82, 2.24) is 9.91 Å². The zero-order chi connectivity index (χ0) is 24.5. The van der Waals surface area contributed by atoms with Crippen molar-refractivity contribution in [3.8, 4) is 0 Å². The van der Waals surface area contributed by atoms with Crippen LogP contribution < -0.4 is 5.32 Å². The summed E-state index contributed by atoms with van der Waals surface area (Å²) in [4.78, 5) is 27.0. The molecule has 1 amide bonds. The zero-order valence-corrected chi connectivity index (χ0v) is 20.7. The summed E-state index contributed by atoms with van der Waals surface area (Å²) in [5, 5.41) is 9.67. The molecule has 0 saturated carbocycles. The normalized spacial score (nSPS) is 16.2. The highest BCUT2D eigenvalue weighted by atomic mass is 16.5. The highest BCUT2D eigenvalue weighted by molar-refractivity contribution is 6.04. The Morgan fingerprint density at radius 3 is 2.60 bits per heavy atom. The van der Waals surface area contributed by atoms with Crippen LogP contribution >= 0.6 is 0 Å². The van der Waals surface area contributed by atoms with Crippen LogP contribution in [0.4, 0.5) is 5.69 Å². The van der Waals surface area contributed by atoms with Gasteiger partial charge in [-0.2, -0.15) is 5.10 Å². The maximum Gasteiger partial charge on any atom is 0.320 e. The SMILES string of the molecule is CCCCOC(=O)CN1CCc2ccc(NC(=O)c3ccc(C=NN4CCCCC4)cc3)cc2C1. The fourth-order valence-electron chi connectivity index (χ4n) is 4.45. The highest BCUT2D eigenvalue weighted by Gasteiger charge is 2.20. The van der Waals surface area contributed by atoms with Crippen molar-refractivity contribution in [3.63, 3.8) is 0 Å². The second kappa shape index (κ2) is 12.5. The van der Waals surface area contributed by atoms with Gasteiger partial charge in [0.05, 0.1) is 19.4 Å². The highest BCUT2D eigenvalue weighted by Crippen LogP contribution is 2.23. The van der Waals surface area contributed by atoms with Gasteiger partial charge >= 0.3 is 5.97 Å². The molecule has 0 bridgehead atoms. The number of carbonyl (C=O) groups excluding carboxylic acids is 2. The van der Waals surface area contributed by atoms with Gasteiger partial charge in [0.25, 0.3) is 5.91 Å². The fraction of sp³-hybridized carbons (Fsp3) is 0.464. The average Bonchev–Trinajstić information content (AvgIpc) is 2.88. The molecular formula is C28H36N4O3. The Balaban J connectivity index is 1.31. The Morgan fingerprint density at radius 2 is 1.83 bits per heavy atom. The summed E-state index contributed by atoms with van der Waals surface area (Å²) >= 11 is 0. The molecule has 7 heteroatoms. The quantitative estimate of drug-likeness (QED) is 0.329. The van der Waals surface area contributed by atoms with E-state index in [0.29, 0.717) is 25.3 Å². The van der Waals surface area contributed by atoms with E-state index in [9.17, 15) is 9.59 Å². The lowest BCUT2D eigenvalue weighted by atomic mass is 9.99. The first-order chi connectivity index (χ1) is 17.1. The minimum absolute atomic E-state index is 0.142. The molecule has 186 valence electrons. The van der Waals surface area contributed by atoms with E-state index in [4.69, 9.17) is 4.74 Å². The fourth-order valence-corrected chi connectivity index (χ4v) is 4.45. The molecule has 35 heavy (non-hydrogen) atoms. The molecule has 0 spiro atoms. The largest absolute Gasteiger partial charge is 0.465 e. The van der Waals surface area contributed by atoms with E-state index in [-0.39, 0.29) is 11.9 Å². The van der Waals surface area contributed by atoms with Gasteiger partial charge in [0.15, 0.2) is 0 Å². The van der Waals surface area contributed by atoms with Crippen LogP contribution in [0.1, 0.15) is 66.1 Å². The molecule has 4 rings (SSSR count). The lowest BCUT2D eigenvalue weighted by Gasteiger charge is -2.28. The molecule has 0 radical (unpaired) electrons. The number of unbranched alkanes of at least 4 members (excludes halogenated alkanes) is 1. The Kier molecular flexibility index (Phi) is 8.90. The van der Waals surface area contributed by atoms with Crippen LogP contribution in [0, 0.1) is 0 Å². The van der Waals surface area contributed by atoms with Crippen molar-refractivity contribution in [2.75, 3.05) is 38.1 Å². The van der Waals surface area contributed by atoms with E-state index < -0.39 is 0 Å². The number of ether oxygens (including phenoxy) is 1. The van der Waals surface area contributed by atoms with Crippen molar-refractivity contribution in [1.29, 1.82) is 0 Å². The maximum atomic E-state index is 12.8. The molecule has 0 unspecified atom stereocenters. The average molecular weight is 477 g/mol. The minimum atomic E-state index is -0.171. The van der Waals surface area contributed by atoms with Crippen LogP contribution in [0.25, 0.3) is 0 Å². The van der Waals surface area contributed by atoms with E-state index >= 15 is 0 Å². The molecule has 2 aromatic rings. The molecule has 0 aromatic heterocycles. The summed E-state index contributed by atoms with van der Waals surface area (Å²) < 4.78 is 5.30. The lowest BCUT2D eigenvalue weighted by Crippen LogP contribution is -2.35. The minimum Gasteiger partial charge on any atom is -0.465 e. The van der Waals surface area contributed by atoms with Crippen molar-refractivity contribution in [2.45, 2.75) is 52.0 Å². The van der Waals surface area contributed by atoms with Gasteiger partial charge in [-0.05, 0) is 73.1 Å². The standard InChI is InChI=1S/C28H36N4O3/c1-2-3-17-35-27(33)21-31-16-13-23-11-12-26(18-25(23)20-31)30-28(34)24-9-7-22(8-10-24)19-29-32-14-5-4-6-15-32/h7-12,18-19H,2-6,13-17,20-21H2,1H3,(H,30,34). The molecule has 7 nitrogen and oxygen atoms in total. The first-order valence-electron chi connectivity index (χ1n) is 12.8. The van der Waals surface area contributed by atoms with E-state index in [2.05, 4.69) is 33.3 Å². The zero-order valence-electron chi connectivity index (χ0n) is 20.7. The number of esters is 1. The van der Waals surface area contributed by atoms with Gasteiger partial charge in [-0.15, -0.1) is 0 Å². The van der Waals surface area contributed by atoms with Crippen LogP contribution in [0.5, 0.6) is 0 Å². The predicted octanol–water partition coefficient (Wildman–Crippen LogP) is 4.46. The van der Waals surface area contributed by atoms with E-state index in [1.54, 1.807) is 0 Å². The smallest absolute Gasteiger partial charge is 0.320 e. The summed E-state index contributed by atoms with van der Waals surface area (Å²) in [7, 11) is 0. The summed E-state index contributed by atoms with van der Waals surface area (Å²) in [6.45, 7) is 6.39. The number of carbonyl (C=O) groups is 2. The Labute approximate surface area is 208 Å². The molecule has 2 aromatic carbocycles. The number of nitrogens with zero attached hydrogens (tertiary/aromatic N) is 3. The van der Waals surface area contributed by atoms with Crippen molar-refractivity contribution >= 4 is 23.8 Å². The van der Waals surface area contributed by atoms with Crippen LogP contribution in [0.15, 0.2) is 47.6 Å². The molecular weight excluding hydrogens is 440 g/mol.